The molecule has 25 heavy (non-hydrogen) atoms. The normalized spacial score (nSPS) is 11.0. The summed E-state index contributed by atoms with van der Waals surface area (Å²) in [7, 11) is 0. The number of thioether (sulfide) groups is 1. The molecule has 1 aromatic heterocycles. The molecule has 0 atom stereocenters. The molecule has 130 valence electrons. The minimum atomic E-state index is 0.000566. The molecule has 0 aliphatic rings. The van der Waals surface area contributed by atoms with Crippen LogP contribution in [0.4, 0.5) is 0 Å². The summed E-state index contributed by atoms with van der Waals surface area (Å²) >= 11 is 1.65. The Hall–Kier alpha value is -2.27. The minimum absolute atomic E-state index is 0.000566. The summed E-state index contributed by atoms with van der Waals surface area (Å²) < 4.78 is 2.21. The van der Waals surface area contributed by atoms with E-state index in [4.69, 9.17) is 0 Å². The van der Waals surface area contributed by atoms with E-state index in [2.05, 4.69) is 20.9 Å². The van der Waals surface area contributed by atoms with Crippen molar-refractivity contribution in [3.63, 3.8) is 0 Å². The van der Waals surface area contributed by atoms with Gasteiger partial charge in [0.2, 0.25) is 0 Å². The average Bonchev–Trinajstić information content (AvgIpc) is 2.94. The number of hydrogen-bond acceptors (Lipinski definition) is 3. The van der Waals surface area contributed by atoms with Crippen molar-refractivity contribution in [2.45, 2.75) is 31.7 Å². The molecule has 0 saturated carbocycles. The van der Waals surface area contributed by atoms with Gasteiger partial charge in [-0.3, -0.25) is 4.79 Å². The number of imidazole rings is 1. The van der Waals surface area contributed by atoms with Crippen LogP contribution in [0.1, 0.15) is 28.2 Å². The third kappa shape index (κ3) is 3.87. The van der Waals surface area contributed by atoms with Crippen LogP contribution in [0.25, 0.3) is 11.0 Å². The summed E-state index contributed by atoms with van der Waals surface area (Å²) in [6.45, 7) is 5.49. The molecule has 1 N–H and O–H groups in total. The van der Waals surface area contributed by atoms with Gasteiger partial charge in [-0.25, -0.2) is 4.98 Å². The van der Waals surface area contributed by atoms with Crippen molar-refractivity contribution >= 4 is 28.7 Å². The van der Waals surface area contributed by atoms with Crippen LogP contribution in [0, 0.1) is 13.8 Å². The minimum Gasteiger partial charge on any atom is -0.352 e. The van der Waals surface area contributed by atoms with E-state index in [0.717, 1.165) is 45.8 Å². The smallest absolute Gasteiger partial charge is 0.251 e. The van der Waals surface area contributed by atoms with Crippen LogP contribution >= 0.6 is 11.8 Å². The molecule has 1 heterocycles. The number of rotatable bonds is 6. The van der Waals surface area contributed by atoms with Gasteiger partial charge in [0.05, 0.1) is 11.0 Å². The Kier molecular flexibility index (Phi) is 5.43. The monoisotopic (exact) mass is 353 g/mol. The number of nitrogens with one attached hydrogen (secondary N) is 1. The maximum atomic E-state index is 12.4. The van der Waals surface area contributed by atoms with Gasteiger partial charge in [0.25, 0.3) is 5.91 Å². The molecule has 1 amide bonds. The fourth-order valence-corrected chi connectivity index (χ4v) is 3.43. The summed E-state index contributed by atoms with van der Waals surface area (Å²) in [4.78, 5) is 18.1. The molecule has 3 aromatic rings. The second-order valence-corrected chi connectivity index (χ2v) is 6.97. The van der Waals surface area contributed by atoms with E-state index in [9.17, 15) is 4.79 Å². The van der Waals surface area contributed by atoms with Crippen molar-refractivity contribution in [2.75, 3.05) is 12.8 Å². The lowest BCUT2D eigenvalue weighted by Gasteiger charge is -2.10. The molecule has 4 nitrogen and oxygen atoms in total. The van der Waals surface area contributed by atoms with Crippen molar-refractivity contribution in [3.8, 4) is 0 Å². The number of aromatic nitrogens is 2. The second-order valence-electron chi connectivity index (χ2n) is 6.09. The number of hydrogen-bond donors (Lipinski definition) is 1. The number of carbonyl (C=O) groups excluding carboxylic acids is 1. The summed E-state index contributed by atoms with van der Waals surface area (Å²) in [5.74, 6) is 1.01. The molecule has 0 fully saturated rings. The lowest BCUT2D eigenvalue weighted by Crippen LogP contribution is -2.26. The standard InChI is InChI=1S/C20H23N3OS/c1-14-9-10-16(25-3)13-17(14)20(24)21-11-6-12-23-15(2)22-18-7-4-5-8-19(18)23/h4-5,7-10,13H,6,11-12H2,1-3H3,(H,21,24). The molecule has 5 heteroatoms. The van der Waals surface area contributed by atoms with Crippen LogP contribution in [-0.4, -0.2) is 28.3 Å². The molecule has 0 aliphatic carbocycles. The maximum absolute atomic E-state index is 12.4. The van der Waals surface area contributed by atoms with Crippen LogP contribution < -0.4 is 5.32 Å². The van der Waals surface area contributed by atoms with E-state index in [1.54, 1.807) is 11.8 Å². The molecule has 0 saturated heterocycles. The first-order chi connectivity index (χ1) is 12.1. The molecule has 3 rings (SSSR count). The SMILES string of the molecule is CSc1ccc(C)c(C(=O)NCCCn2c(C)nc3ccccc32)c1. The van der Waals surface area contributed by atoms with E-state index in [0.29, 0.717) is 6.54 Å². The van der Waals surface area contributed by atoms with Crippen molar-refractivity contribution in [2.24, 2.45) is 0 Å². The Morgan fingerprint density at radius 3 is 2.80 bits per heavy atom. The zero-order chi connectivity index (χ0) is 17.8. The molecular formula is C20H23N3OS. The van der Waals surface area contributed by atoms with Crippen LogP contribution in [-0.2, 0) is 6.54 Å². The predicted molar refractivity (Wildman–Crippen MR) is 104 cm³/mol. The first-order valence-electron chi connectivity index (χ1n) is 8.45. The zero-order valence-electron chi connectivity index (χ0n) is 14.9. The van der Waals surface area contributed by atoms with E-state index >= 15 is 0 Å². The van der Waals surface area contributed by atoms with Gasteiger partial charge in [0.15, 0.2) is 0 Å². The Balaban J connectivity index is 1.60. The lowest BCUT2D eigenvalue weighted by molar-refractivity contribution is 0.0952. The number of nitrogens with zero attached hydrogens (tertiary/aromatic N) is 2. The number of para-hydroxylation sites is 2. The average molecular weight is 353 g/mol. The molecule has 0 aliphatic heterocycles. The second kappa shape index (κ2) is 7.74. The Morgan fingerprint density at radius 2 is 2.00 bits per heavy atom. The third-order valence-electron chi connectivity index (χ3n) is 4.38. The van der Waals surface area contributed by atoms with Crippen LogP contribution in [0.5, 0.6) is 0 Å². The summed E-state index contributed by atoms with van der Waals surface area (Å²) in [5, 5.41) is 3.04. The fourth-order valence-electron chi connectivity index (χ4n) is 2.99. The molecule has 0 bridgehead atoms. The van der Waals surface area contributed by atoms with Gasteiger partial charge < -0.3 is 9.88 Å². The highest BCUT2D eigenvalue weighted by atomic mass is 32.2. The quantitative estimate of drug-likeness (QED) is 0.534. The first-order valence-corrected chi connectivity index (χ1v) is 9.67. The zero-order valence-corrected chi connectivity index (χ0v) is 15.7. The topological polar surface area (TPSA) is 46.9 Å². The van der Waals surface area contributed by atoms with Crippen molar-refractivity contribution < 1.29 is 4.79 Å². The molecule has 0 radical (unpaired) electrons. The predicted octanol–water partition coefficient (Wildman–Crippen LogP) is 4.20. The van der Waals surface area contributed by atoms with Gasteiger partial charge in [-0.1, -0.05) is 18.2 Å². The van der Waals surface area contributed by atoms with Gasteiger partial charge in [0, 0.05) is 23.5 Å². The maximum Gasteiger partial charge on any atom is 0.251 e. The van der Waals surface area contributed by atoms with E-state index in [1.807, 2.05) is 56.5 Å². The van der Waals surface area contributed by atoms with Crippen molar-refractivity contribution in [1.29, 1.82) is 0 Å². The highest BCUT2D eigenvalue weighted by Gasteiger charge is 2.10. The summed E-state index contributed by atoms with van der Waals surface area (Å²) in [6.07, 6.45) is 2.89. The number of amides is 1. The van der Waals surface area contributed by atoms with Crippen LogP contribution in [0.3, 0.4) is 0 Å². The highest BCUT2D eigenvalue weighted by Crippen LogP contribution is 2.19. The highest BCUT2D eigenvalue weighted by molar-refractivity contribution is 7.98. The van der Waals surface area contributed by atoms with Gasteiger partial charge in [-0.15, -0.1) is 11.8 Å². The molecule has 2 aromatic carbocycles. The van der Waals surface area contributed by atoms with Gasteiger partial charge >= 0.3 is 0 Å². The summed E-state index contributed by atoms with van der Waals surface area (Å²) in [5.41, 5.74) is 3.94. The van der Waals surface area contributed by atoms with Crippen LogP contribution in [0.15, 0.2) is 47.4 Å². The van der Waals surface area contributed by atoms with Gasteiger partial charge in [0.1, 0.15) is 5.82 Å². The fraction of sp³-hybridized carbons (Fsp3) is 0.300. The number of fused-ring (bicyclic) bond motifs is 1. The van der Waals surface area contributed by atoms with Crippen LogP contribution in [0.2, 0.25) is 0 Å². The van der Waals surface area contributed by atoms with Gasteiger partial charge in [-0.2, -0.15) is 0 Å². The molecular weight excluding hydrogens is 330 g/mol. The number of benzene rings is 2. The van der Waals surface area contributed by atoms with E-state index in [1.165, 1.54) is 0 Å². The van der Waals surface area contributed by atoms with E-state index < -0.39 is 0 Å². The van der Waals surface area contributed by atoms with Crippen molar-refractivity contribution in [3.05, 3.63) is 59.4 Å². The Labute approximate surface area is 152 Å². The van der Waals surface area contributed by atoms with Gasteiger partial charge in [-0.05, 0) is 56.4 Å². The molecule has 0 spiro atoms. The van der Waals surface area contributed by atoms with E-state index in [-0.39, 0.29) is 5.91 Å². The first kappa shape index (κ1) is 17.5. The third-order valence-corrected chi connectivity index (χ3v) is 5.10. The Bertz CT molecular complexity index is 901. The summed E-state index contributed by atoms with van der Waals surface area (Å²) in [6, 6.07) is 14.2. The number of carbonyl (C=O) groups is 1. The molecule has 0 unspecified atom stereocenters. The Morgan fingerprint density at radius 1 is 1.20 bits per heavy atom. The lowest BCUT2D eigenvalue weighted by atomic mass is 10.1. The largest absolute Gasteiger partial charge is 0.352 e. The number of aryl methyl sites for hydroxylation is 3. The van der Waals surface area contributed by atoms with Crippen molar-refractivity contribution in [1.82, 2.24) is 14.9 Å².